The molecule has 0 amide bonds. The number of anilines is 1. The average Bonchev–Trinajstić information content (AvgIpc) is 2.83. The van der Waals surface area contributed by atoms with Crippen molar-refractivity contribution in [1.82, 2.24) is 10.1 Å². The molecule has 1 aromatic carbocycles. The third kappa shape index (κ3) is 2.96. The van der Waals surface area contributed by atoms with E-state index < -0.39 is 5.60 Å². The van der Waals surface area contributed by atoms with Gasteiger partial charge in [-0.25, -0.2) is 0 Å². The van der Waals surface area contributed by atoms with E-state index in [1.807, 2.05) is 32.9 Å². The largest absolute Gasteiger partial charge is 0.398 e. The molecule has 0 radical (unpaired) electrons. The fourth-order valence-electron chi connectivity index (χ4n) is 1.69. The van der Waals surface area contributed by atoms with Gasteiger partial charge in [-0.05, 0) is 54.9 Å². The molecule has 1 aromatic heterocycles. The van der Waals surface area contributed by atoms with Gasteiger partial charge in [0.15, 0.2) is 0 Å². The van der Waals surface area contributed by atoms with Crippen LogP contribution in [-0.4, -0.2) is 16.7 Å². The molecule has 0 aliphatic heterocycles. The number of rotatable bonds is 4. The maximum atomic E-state index is 5.84. The lowest BCUT2D eigenvalue weighted by molar-refractivity contribution is -0.0221. The minimum absolute atomic E-state index is 0.432. The summed E-state index contributed by atoms with van der Waals surface area (Å²) in [6.45, 7) is 6.32. The predicted molar refractivity (Wildman–Crippen MR) is 76.5 cm³/mol. The van der Waals surface area contributed by atoms with Crippen LogP contribution >= 0.6 is 15.9 Å². The number of aromatic nitrogens is 2. The lowest BCUT2D eigenvalue weighted by Gasteiger charge is -2.19. The lowest BCUT2D eigenvalue weighted by Crippen LogP contribution is -2.23. The standard InChI is InChI=1S/C13H16BrN3O2/c1-4-18-13(2,3)12-16-11(19-17-12)8-5-6-9(14)10(15)7-8/h5-7H,4,15H2,1-3H3. The maximum Gasteiger partial charge on any atom is 0.258 e. The third-order valence-electron chi connectivity index (χ3n) is 2.71. The fraction of sp³-hybridized carbons (Fsp3) is 0.385. The van der Waals surface area contributed by atoms with Gasteiger partial charge in [-0.3, -0.25) is 0 Å². The third-order valence-corrected chi connectivity index (χ3v) is 3.43. The molecule has 6 heteroatoms. The van der Waals surface area contributed by atoms with Crippen molar-refractivity contribution in [2.45, 2.75) is 26.4 Å². The van der Waals surface area contributed by atoms with Crippen LogP contribution in [0.25, 0.3) is 11.5 Å². The van der Waals surface area contributed by atoms with Crippen LogP contribution < -0.4 is 5.73 Å². The summed E-state index contributed by atoms with van der Waals surface area (Å²) in [5, 5.41) is 3.97. The molecule has 1 heterocycles. The molecule has 0 fully saturated rings. The Morgan fingerprint density at radius 1 is 1.42 bits per heavy atom. The zero-order valence-electron chi connectivity index (χ0n) is 11.1. The van der Waals surface area contributed by atoms with Crippen LogP contribution in [0.1, 0.15) is 26.6 Å². The average molecular weight is 326 g/mol. The van der Waals surface area contributed by atoms with Gasteiger partial charge < -0.3 is 15.0 Å². The van der Waals surface area contributed by atoms with Crippen molar-refractivity contribution in [1.29, 1.82) is 0 Å². The molecule has 0 aliphatic rings. The summed E-state index contributed by atoms with van der Waals surface area (Å²) in [5.41, 5.74) is 6.68. The number of halogens is 1. The fourth-order valence-corrected chi connectivity index (χ4v) is 1.93. The second-order valence-electron chi connectivity index (χ2n) is 4.60. The zero-order valence-corrected chi connectivity index (χ0v) is 12.7. The van der Waals surface area contributed by atoms with E-state index >= 15 is 0 Å². The van der Waals surface area contributed by atoms with Crippen molar-refractivity contribution < 1.29 is 9.26 Å². The van der Waals surface area contributed by atoms with Gasteiger partial charge in [-0.1, -0.05) is 5.16 Å². The van der Waals surface area contributed by atoms with Gasteiger partial charge in [0.2, 0.25) is 5.82 Å². The smallest absolute Gasteiger partial charge is 0.258 e. The van der Waals surface area contributed by atoms with Crippen molar-refractivity contribution >= 4 is 21.6 Å². The molecule has 2 aromatic rings. The molecule has 0 saturated heterocycles. The second kappa shape index (κ2) is 5.30. The van der Waals surface area contributed by atoms with E-state index in [0.29, 0.717) is 24.0 Å². The molecular weight excluding hydrogens is 310 g/mol. The van der Waals surface area contributed by atoms with Crippen molar-refractivity contribution in [3.8, 4) is 11.5 Å². The van der Waals surface area contributed by atoms with E-state index in [1.54, 1.807) is 6.07 Å². The number of hydrogen-bond acceptors (Lipinski definition) is 5. The Morgan fingerprint density at radius 2 is 2.16 bits per heavy atom. The molecule has 0 unspecified atom stereocenters. The number of hydrogen-bond donors (Lipinski definition) is 1. The molecule has 0 bridgehead atoms. The number of nitrogen functional groups attached to an aromatic ring is 1. The first-order valence-electron chi connectivity index (χ1n) is 5.97. The van der Waals surface area contributed by atoms with Crippen molar-refractivity contribution in [2.75, 3.05) is 12.3 Å². The molecule has 5 nitrogen and oxygen atoms in total. The van der Waals surface area contributed by atoms with Crippen LogP contribution in [0, 0.1) is 0 Å². The van der Waals surface area contributed by atoms with Gasteiger partial charge in [-0.2, -0.15) is 4.98 Å². The molecule has 102 valence electrons. The van der Waals surface area contributed by atoms with Gasteiger partial charge in [0.25, 0.3) is 5.89 Å². The Bertz CT molecular complexity index is 581. The molecular formula is C13H16BrN3O2. The Hall–Kier alpha value is -1.40. The molecule has 2 N–H and O–H groups in total. The van der Waals surface area contributed by atoms with E-state index in [0.717, 1.165) is 10.0 Å². The van der Waals surface area contributed by atoms with Crippen molar-refractivity contribution in [2.24, 2.45) is 0 Å². The second-order valence-corrected chi connectivity index (χ2v) is 5.46. The monoisotopic (exact) mass is 325 g/mol. The number of ether oxygens (including phenoxy) is 1. The van der Waals surface area contributed by atoms with Gasteiger partial charge in [-0.15, -0.1) is 0 Å². The Morgan fingerprint density at radius 3 is 2.79 bits per heavy atom. The van der Waals surface area contributed by atoms with E-state index in [2.05, 4.69) is 26.1 Å². The first-order chi connectivity index (χ1) is 8.94. The van der Waals surface area contributed by atoms with Crippen LogP contribution in [0.5, 0.6) is 0 Å². The highest BCUT2D eigenvalue weighted by molar-refractivity contribution is 9.10. The highest BCUT2D eigenvalue weighted by Crippen LogP contribution is 2.28. The minimum Gasteiger partial charge on any atom is -0.398 e. The highest BCUT2D eigenvalue weighted by Gasteiger charge is 2.27. The van der Waals surface area contributed by atoms with Gasteiger partial charge >= 0.3 is 0 Å². The van der Waals surface area contributed by atoms with Crippen LogP contribution in [0.3, 0.4) is 0 Å². The molecule has 0 atom stereocenters. The number of benzene rings is 1. The topological polar surface area (TPSA) is 74.2 Å². The van der Waals surface area contributed by atoms with E-state index in [-0.39, 0.29) is 0 Å². The SMILES string of the molecule is CCOC(C)(C)c1noc(-c2ccc(Br)c(N)c2)n1. The van der Waals surface area contributed by atoms with E-state index in [1.165, 1.54) is 0 Å². The lowest BCUT2D eigenvalue weighted by atomic mass is 10.1. The van der Waals surface area contributed by atoms with Crippen LogP contribution in [-0.2, 0) is 10.3 Å². The summed E-state index contributed by atoms with van der Waals surface area (Å²) in [7, 11) is 0. The van der Waals surface area contributed by atoms with E-state index in [9.17, 15) is 0 Å². The van der Waals surface area contributed by atoms with Crippen molar-refractivity contribution in [3.63, 3.8) is 0 Å². The maximum absolute atomic E-state index is 5.84. The van der Waals surface area contributed by atoms with Gasteiger partial charge in [0.1, 0.15) is 5.60 Å². The summed E-state index contributed by atoms with van der Waals surface area (Å²) >= 11 is 3.35. The van der Waals surface area contributed by atoms with Crippen LogP contribution in [0.4, 0.5) is 5.69 Å². The van der Waals surface area contributed by atoms with Crippen LogP contribution in [0.15, 0.2) is 27.2 Å². The number of nitrogens with two attached hydrogens (primary N) is 1. The number of nitrogens with zero attached hydrogens (tertiary/aromatic N) is 2. The first-order valence-corrected chi connectivity index (χ1v) is 6.77. The molecule has 2 rings (SSSR count). The van der Waals surface area contributed by atoms with Gasteiger partial charge in [0, 0.05) is 22.3 Å². The minimum atomic E-state index is -0.572. The highest BCUT2D eigenvalue weighted by atomic mass is 79.9. The molecule has 0 saturated carbocycles. The molecule has 19 heavy (non-hydrogen) atoms. The normalized spacial score (nSPS) is 11.8. The zero-order chi connectivity index (χ0) is 14.0. The summed E-state index contributed by atoms with van der Waals surface area (Å²) in [6, 6.07) is 5.50. The quantitative estimate of drug-likeness (QED) is 0.872. The summed E-state index contributed by atoms with van der Waals surface area (Å²) in [6.07, 6.45) is 0. The van der Waals surface area contributed by atoms with E-state index in [4.69, 9.17) is 15.0 Å². The Balaban J connectivity index is 2.33. The first kappa shape index (κ1) is 14.0. The van der Waals surface area contributed by atoms with Crippen molar-refractivity contribution in [3.05, 3.63) is 28.5 Å². The summed E-state index contributed by atoms with van der Waals surface area (Å²) < 4.78 is 11.7. The molecule has 0 aliphatic carbocycles. The molecule has 0 spiro atoms. The van der Waals surface area contributed by atoms with Crippen LogP contribution in [0.2, 0.25) is 0 Å². The Kier molecular flexibility index (Phi) is 3.91. The summed E-state index contributed by atoms with van der Waals surface area (Å²) in [5.74, 6) is 0.952. The Labute approximate surface area is 120 Å². The predicted octanol–water partition coefficient (Wildman–Crippen LogP) is 3.35. The summed E-state index contributed by atoms with van der Waals surface area (Å²) in [4.78, 5) is 4.37. The van der Waals surface area contributed by atoms with Gasteiger partial charge in [0.05, 0.1) is 0 Å².